The molecule has 0 rings (SSSR count). The van der Waals surface area contributed by atoms with Crippen molar-refractivity contribution in [3.05, 3.63) is 0 Å². The van der Waals surface area contributed by atoms with Crippen LogP contribution in [0.25, 0.3) is 0 Å². The number of aliphatic hydroxyl groups is 2. The van der Waals surface area contributed by atoms with Crippen molar-refractivity contribution in [1.29, 1.82) is 0 Å². The summed E-state index contributed by atoms with van der Waals surface area (Å²) < 4.78 is 34.0. The molecule has 0 amide bonds. The first kappa shape index (κ1) is 17.3. The van der Waals surface area contributed by atoms with Crippen LogP contribution in [0.5, 0.6) is 0 Å². The van der Waals surface area contributed by atoms with Crippen molar-refractivity contribution in [2.75, 3.05) is 25.6 Å². The Morgan fingerprint density at radius 2 is 1.72 bits per heavy atom. The molecule has 0 radical (unpaired) electrons. The Labute approximate surface area is 105 Å². The van der Waals surface area contributed by atoms with Crippen molar-refractivity contribution in [1.82, 2.24) is 0 Å². The third kappa shape index (κ3) is 6.87. The lowest BCUT2D eigenvalue weighted by Gasteiger charge is -2.25. The van der Waals surface area contributed by atoms with Gasteiger partial charge in [-0.25, -0.2) is 0 Å². The molecule has 8 nitrogen and oxygen atoms in total. The summed E-state index contributed by atoms with van der Waals surface area (Å²) >= 11 is 0. The van der Waals surface area contributed by atoms with E-state index in [9.17, 15) is 13.2 Å². The number of carbonyl (C=O) groups is 1. The van der Waals surface area contributed by atoms with Crippen LogP contribution >= 0.6 is 0 Å². The standard InChI is InChI=1S/C9H19NO7S/c10-9(2-4-11,3-5-12)8(13)17-6-1-7-18(14,15)16/h11-12H,1-7,10H2,(H,14,15,16). The summed E-state index contributed by atoms with van der Waals surface area (Å²) in [5, 5.41) is 17.5. The van der Waals surface area contributed by atoms with Crippen LogP contribution in [0.2, 0.25) is 0 Å². The monoisotopic (exact) mass is 285 g/mol. The number of nitrogens with two attached hydrogens (primary N) is 1. The molecule has 5 N–H and O–H groups in total. The zero-order chi connectivity index (χ0) is 14.2. The Morgan fingerprint density at radius 1 is 1.22 bits per heavy atom. The van der Waals surface area contributed by atoms with Gasteiger partial charge in [0.25, 0.3) is 10.1 Å². The average Bonchev–Trinajstić information content (AvgIpc) is 2.23. The first-order chi connectivity index (χ1) is 8.25. The Balaban J connectivity index is 4.19. The largest absolute Gasteiger partial charge is 0.464 e. The van der Waals surface area contributed by atoms with Gasteiger partial charge in [0.1, 0.15) is 5.54 Å². The summed E-state index contributed by atoms with van der Waals surface area (Å²) in [5.74, 6) is -1.33. The number of esters is 1. The van der Waals surface area contributed by atoms with E-state index >= 15 is 0 Å². The Bertz CT molecular complexity index is 348. The summed E-state index contributed by atoms with van der Waals surface area (Å²) in [5.41, 5.74) is 4.18. The van der Waals surface area contributed by atoms with Crippen molar-refractivity contribution in [3.63, 3.8) is 0 Å². The van der Waals surface area contributed by atoms with Gasteiger partial charge in [-0.15, -0.1) is 0 Å². The minimum atomic E-state index is -4.08. The molecular formula is C9H19NO7S. The zero-order valence-corrected chi connectivity index (χ0v) is 10.7. The van der Waals surface area contributed by atoms with Crippen LogP contribution in [0, 0.1) is 0 Å². The van der Waals surface area contributed by atoms with Crippen molar-refractivity contribution in [2.45, 2.75) is 24.8 Å². The van der Waals surface area contributed by atoms with Gasteiger partial charge in [-0.1, -0.05) is 0 Å². The molecule has 0 aliphatic rings. The van der Waals surface area contributed by atoms with E-state index in [0.29, 0.717) is 0 Å². The normalized spacial score (nSPS) is 12.4. The van der Waals surface area contributed by atoms with Crippen LogP contribution in [0.15, 0.2) is 0 Å². The van der Waals surface area contributed by atoms with Gasteiger partial charge in [0.2, 0.25) is 0 Å². The molecule has 0 unspecified atom stereocenters. The summed E-state index contributed by atoms with van der Waals surface area (Å²) in [6.07, 6.45) is -0.186. The summed E-state index contributed by atoms with van der Waals surface area (Å²) in [6, 6.07) is 0. The van der Waals surface area contributed by atoms with Gasteiger partial charge in [0.05, 0.1) is 12.4 Å². The minimum Gasteiger partial charge on any atom is -0.464 e. The first-order valence-electron chi connectivity index (χ1n) is 5.38. The van der Waals surface area contributed by atoms with E-state index in [1.165, 1.54) is 0 Å². The van der Waals surface area contributed by atoms with Crippen molar-refractivity contribution in [2.24, 2.45) is 5.73 Å². The molecule has 0 atom stereocenters. The van der Waals surface area contributed by atoms with Crippen LogP contribution in [0.4, 0.5) is 0 Å². The van der Waals surface area contributed by atoms with E-state index in [1.807, 2.05) is 0 Å². The lowest BCUT2D eigenvalue weighted by atomic mass is 9.93. The first-order valence-corrected chi connectivity index (χ1v) is 6.99. The van der Waals surface area contributed by atoms with Crippen LogP contribution in [-0.4, -0.2) is 60.3 Å². The quantitative estimate of drug-likeness (QED) is 0.222. The fraction of sp³-hybridized carbons (Fsp3) is 0.889. The van der Waals surface area contributed by atoms with Crippen molar-refractivity contribution < 1.29 is 32.7 Å². The maximum Gasteiger partial charge on any atom is 0.326 e. The molecule has 0 aromatic rings. The topological polar surface area (TPSA) is 147 Å². The molecule has 0 spiro atoms. The highest BCUT2D eigenvalue weighted by Gasteiger charge is 2.34. The van der Waals surface area contributed by atoms with Gasteiger partial charge < -0.3 is 20.7 Å². The van der Waals surface area contributed by atoms with Crippen LogP contribution < -0.4 is 5.73 Å². The van der Waals surface area contributed by atoms with E-state index in [0.717, 1.165) is 0 Å². The fourth-order valence-corrected chi connectivity index (χ4v) is 1.76. The van der Waals surface area contributed by atoms with Crippen LogP contribution in [0.3, 0.4) is 0 Å². The summed E-state index contributed by atoms with van der Waals surface area (Å²) in [6.45, 7) is -0.887. The molecule has 0 aliphatic heterocycles. The van der Waals surface area contributed by atoms with Gasteiger partial charge in [-0.05, 0) is 19.3 Å². The molecule has 0 bridgehead atoms. The molecule has 0 saturated carbocycles. The van der Waals surface area contributed by atoms with Crippen LogP contribution in [-0.2, 0) is 19.6 Å². The highest BCUT2D eigenvalue weighted by atomic mass is 32.2. The molecule has 0 saturated heterocycles. The van der Waals surface area contributed by atoms with Gasteiger partial charge in [0.15, 0.2) is 0 Å². The maximum absolute atomic E-state index is 11.6. The van der Waals surface area contributed by atoms with Gasteiger partial charge >= 0.3 is 5.97 Å². The fourth-order valence-electron chi connectivity index (χ4n) is 1.28. The number of carbonyl (C=O) groups excluding carboxylic acids is 1. The lowest BCUT2D eigenvalue weighted by molar-refractivity contribution is -0.151. The van der Waals surface area contributed by atoms with E-state index < -0.39 is 27.4 Å². The maximum atomic E-state index is 11.6. The van der Waals surface area contributed by atoms with Gasteiger partial charge in [-0.3, -0.25) is 9.35 Å². The number of ether oxygens (including phenoxy) is 1. The van der Waals surface area contributed by atoms with E-state index in [-0.39, 0.29) is 39.1 Å². The lowest BCUT2D eigenvalue weighted by Crippen LogP contribution is -2.50. The zero-order valence-electron chi connectivity index (χ0n) is 9.91. The minimum absolute atomic E-state index is 0.0566. The second kappa shape index (κ2) is 7.64. The van der Waals surface area contributed by atoms with Gasteiger partial charge in [0, 0.05) is 13.2 Å². The molecular weight excluding hydrogens is 266 g/mol. The van der Waals surface area contributed by atoms with Gasteiger partial charge in [-0.2, -0.15) is 8.42 Å². The molecule has 0 fully saturated rings. The predicted molar refractivity (Wildman–Crippen MR) is 62.3 cm³/mol. The molecule has 18 heavy (non-hydrogen) atoms. The number of hydrogen-bond donors (Lipinski definition) is 4. The SMILES string of the molecule is NC(CCO)(CCO)C(=O)OCCCS(=O)(=O)O. The van der Waals surface area contributed by atoms with Crippen molar-refractivity contribution in [3.8, 4) is 0 Å². The molecule has 0 aromatic heterocycles. The predicted octanol–water partition coefficient (Wildman–Crippen LogP) is -1.73. The highest BCUT2D eigenvalue weighted by Crippen LogP contribution is 2.13. The Kier molecular flexibility index (Phi) is 7.33. The third-order valence-electron chi connectivity index (χ3n) is 2.30. The molecule has 9 heteroatoms. The van der Waals surface area contributed by atoms with E-state index in [1.54, 1.807) is 0 Å². The number of rotatable bonds is 9. The second-order valence-corrected chi connectivity index (χ2v) is 5.45. The smallest absolute Gasteiger partial charge is 0.326 e. The Hall–Kier alpha value is -0.740. The molecule has 0 aromatic carbocycles. The summed E-state index contributed by atoms with van der Waals surface area (Å²) in [7, 11) is -4.08. The van der Waals surface area contributed by atoms with E-state index in [2.05, 4.69) is 0 Å². The molecule has 0 heterocycles. The van der Waals surface area contributed by atoms with E-state index in [4.69, 9.17) is 25.2 Å². The average molecular weight is 285 g/mol. The van der Waals surface area contributed by atoms with Crippen LogP contribution in [0.1, 0.15) is 19.3 Å². The Morgan fingerprint density at radius 3 is 2.11 bits per heavy atom. The second-order valence-electron chi connectivity index (χ2n) is 3.88. The molecule has 108 valence electrons. The number of aliphatic hydroxyl groups excluding tert-OH is 2. The highest BCUT2D eigenvalue weighted by molar-refractivity contribution is 7.85. The number of hydrogen-bond acceptors (Lipinski definition) is 7. The van der Waals surface area contributed by atoms with Crippen molar-refractivity contribution >= 4 is 16.1 Å². The summed E-state index contributed by atoms with van der Waals surface area (Å²) in [4.78, 5) is 11.6. The third-order valence-corrected chi connectivity index (χ3v) is 3.11. The molecule has 0 aliphatic carbocycles.